The van der Waals surface area contributed by atoms with Crippen molar-refractivity contribution in [2.45, 2.75) is 71.4 Å². The SMILES string of the molecule is CNN=C(N)c1nc(N[C@H](C)C2CCC2)c2c(ncn2CC2CCC(C)CC2)n1. The molecule has 0 saturated heterocycles. The van der Waals surface area contributed by atoms with Crippen LogP contribution in [-0.4, -0.2) is 38.4 Å². The van der Waals surface area contributed by atoms with Crippen molar-refractivity contribution in [1.29, 1.82) is 0 Å². The summed E-state index contributed by atoms with van der Waals surface area (Å²) in [6.07, 6.45) is 11.0. The maximum atomic E-state index is 6.06. The fourth-order valence-corrected chi connectivity index (χ4v) is 4.57. The minimum Gasteiger partial charge on any atom is -0.379 e. The number of anilines is 1. The molecular weight excluding hydrogens is 364 g/mol. The first-order valence-corrected chi connectivity index (χ1v) is 11.0. The first-order chi connectivity index (χ1) is 14.0. The van der Waals surface area contributed by atoms with E-state index in [1.54, 1.807) is 7.05 Å². The van der Waals surface area contributed by atoms with Gasteiger partial charge in [0.1, 0.15) is 5.52 Å². The minimum absolute atomic E-state index is 0.268. The molecular formula is C21H34N8. The largest absolute Gasteiger partial charge is 0.379 e. The van der Waals surface area contributed by atoms with Crippen LogP contribution in [0.5, 0.6) is 0 Å². The van der Waals surface area contributed by atoms with E-state index in [4.69, 9.17) is 10.7 Å². The van der Waals surface area contributed by atoms with Crippen LogP contribution in [0.3, 0.4) is 0 Å². The Bertz CT molecular complexity index is 861. The molecule has 1 atom stereocenters. The van der Waals surface area contributed by atoms with Gasteiger partial charge in [0.2, 0.25) is 5.82 Å². The Kier molecular flexibility index (Phi) is 5.87. The maximum Gasteiger partial charge on any atom is 0.201 e. The normalized spacial score (nSPS) is 24.3. The number of amidine groups is 1. The molecule has 2 aromatic rings. The van der Waals surface area contributed by atoms with Crippen molar-refractivity contribution in [2.75, 3.05) is 12.4 Å². The summed E-state index contributed by atoms with van der Waals surface area (Å²) >= 11 is 0. The number of imidazole rings is 1. The van der Waals surface area contributed by atoms with Crippen LogP contribution in [0.15, 0.2) is 11.4 Å². The Hall–Kier alpha value is -2.38. The Morgan fingerprint density at radius 3 is 2.66 bits per heavy atom. The van der Waals surface area contributed by atoms with Crippen molar-refractivity contribution in [2.24, 2.45) is 28.6 Å². The van der Waals surface area contributed by atoms with Crippen LogP contribution in [0.2, 0.25) is 0 Å². The summed E-state index contributed by atoms with van der Waals surface area (Å²) in [6, 6.07) is 0.357. The molecule has 2 aliphatic carbocycles. The molecule has 0 amide bonds. The molecule has 0 aromatic carbocycles. The molecule has 2 aliphatic rings. The molecule has 4 N–H and O–H groups in total. The van der Waals surface area contributed by atoms with E-state index in [0.717, 1.165) is 23.8 Å². The van der Waals surface area contributed by atoms with Crippen LogP contribution >= 0.6 is 0 Å². The number of aromatic nitrogens is 4. The van der Waals surface area contributed by atoms with Gasteiger partial charge >= 0.3 is 0 Å². The van der Waals surface area contributed by atoms with Crippen molar-refractivity contribution >= 4 is 22.8 Å². The van der Waals surface area contributed by atoms with E-state index in [2.05, 4.69) is 44.2 Å². The van der Waals surface area contributed by atoms with Gasteiger partial charge in [-0.25, -0.2) is 15.0 Å². The minimum atomic E-state index is 0.268. The van der Waals surface area contributed by atoms with E-state index in [0.29, 0.717) is 29.3 Å². The molecule has 2 aromatic heterocycles. The van der Waals surface area contributed by atoms with E-state index in [1.807, 2.05) is 6.33 Å². The second kappa shape index (κ2) is 8.55. The summed E-state index contributed by atoms with van der Waals surface area (Å²) in [4.78, 5) is 13.9. The third-order valence-corrected chi connectivity index (χ3v) is 6.75. The lowest BCUT2D eigenvalue weighted by Crippen LogP contribution is -2.32. The Balaban J connectivity index is 1.66. The molecule has 4 rings (SSSR count). The van der Waals surface area contributed by atoms with Gasteiger partial charge < -0.3 is 21.0 Å². The molecule has 2 fully saturated rings. The molecule has 0 unspecified atom stereocenters. The van der Waals surface area contributed by atoms with Crippen molar-refractivity contribution in [1.82, 2.24) is 24.9 Å². The fourth-order valence-electron chi connectivity index (χ4n) is 4.57. The molecule has 8 nitrogen and oxygen atoms in total. The van der Waals surface area contributed by atoms with Gasteiger partial charge in [0.05, 0.1) is 6.33 Å². The third kappa shape index (κ3) is 4.31. The first-order valence-electron chi connectivity index (χ1n) is 11.0. The van der Waals surface area contributed by atoms with Crippen LogP contribution in [-0.2, 0) is 6.54 Å². The molecule has 0 aliphatic heterocycles. The van der Waals surface area contributed by atoms with Gasteiger partial charge in [-0.15, -0.1) is 0 Å². The summed E-state index contributed by atoms with van der Waals surface area (Å²) in [6.45, 7) is 5.57. The molecule has 2 saturated carbocycles. The zero-order valence-corrected chi connectivity index (χ0v) is 17.9. The van der Waals surface area contributed by atoms with E-state index in [-0.39, 0.29) is 5.84 Å². The Labute approximate surface area is 172 Å². The predicted octanol–water partition coefficient (Wildman–Crippen LogP) is 3.09. The van der Waals surface area contributed by atoms with Crippen molar-refractivity contribution in [3.05, 3.63) is 12.2 Å². The predicted molar refractivity (Wildman–Crippen MR) is 117 cm³/mol. The Morgan fingerprint density at radius 2 is 2.00 bits per heavy atom. The summed E-state index contributed by atoms with van der Waals surface area (Å²) in [5.41, 5.74) is 10.4. The number of hydrogen-bond acceptors (Lipinski definition) is 6. The van der Waals surface area contributed by atoms with Crippen LogP contribution in [0.1, 0.15) is 64.6 Å². The van der Waals surface area contributed by atoms with E-state index < -0.39 is 0 Å². The highest BCUT2D eigenvalue weighted by Crippen LogP contribution is 2.33. The number of nitrogens with zero attached hydrogens (tertiary/aromatic N) is 5. The van der Waals surface area contributed by atoms with Gasteiger partial charge in [-0.1, -0.05) is 26.2 Å². The number of hydrazone groups is 1. The number of nitrogens with two attached hydrogens (primary N) is 1. The lowest BCUT2D eigenvalue weighted by molar-refractivity contribution is 0.266. The van der Waals surface area contributed by atoms with Gasteiger partial charge in [0.15, 0.2) is 17.3 Å². The molecule has 29 heavy (non-hydrogen) atoms. The lowest BCUT2D eigenvalue weighted by atomic mass is 9.80. The number of nitrogens with one attached hydrogen (secondary N) is 2. The maximum absolute atomic E-state index is 6.06. The topological polar surface area (TPSA) is 106 Å². The van der Waals surface area contributed by atoms with Crippen LogP contribution in [0, 0.1) is 17.8 Å². The van der Waals surface area contributed by atoms with Gasteiger partial charge in [0, 0.05) is 19.6 Å². The first kappa shape index (κ1) is 19.9. The van der Waals surface area contributed by atoms with Crippen LogP contribution in [0.4, 0.5) is 5.82 Å². The second-order valence-electron chi connectivity index (χ2n) is 8.94. The highest BCUT2D eigenvalue weighted by Gasteiger charge is 2.26. The zero-order chi connectivity index (χ0) is 20.4. The smallest absolute Gasteiger partial charge is 0.201 e. The fraction of sp³-hybridized carbons (Fsp3) is 0.714. The molecule has 158 valence electrons. The summed E-state index contributed by atoms with van der Waals surface area (Å²) < 4.78 is 2.24. The summed E-state index contributed by atoms with van der Waals surface area (Å²) in [7, 11) is 1.71. The lowest BCUT2D eigenvalue weighted by Gasteiger charge is -2.32. The highest BCUT2D eigenvalue weighted by molar-refractivity contribution is 5.96. The second-order valence-corrected chi connectivity index (χ2v) is 8.94. The standard InChI is InChI=1S/C21H34N8/c1-13-7-9-15(10-8-13)11-29-12-24-19-17(29)20(25-14(2)16-5-4-6-16)27-21(26-19)18(22)28-23-3/h12-16,23H,4-11H2,1-3H3,(H2,22,28)(H,25,26,27)/t13?,14-,15?/m1/s1. The van der Waals surface area contributed by atoms with Crippen molar-refractivity contribution in [3.63, 3.8) is 0 Å². The highest BCUT2D eigenvalue weighted by atomic mass is 15.3. The summed E-state index contributed by atoms with van der Waals surface area (Å²) in [5.74, 6) is 3.74. The number of fused-ring (bicyclic) bond motifs is 1. The van der Waals surface area contributed by atoms with E-state index >= 15 is 0 Å². The Morgan fingerprint density at radius 1 is 1.24 bits per heavy atom. The molecule has 8 heteroatoms. The van der Waals surface area contributed by atoms with Crippen molar-refractivity contribution < 1.29 is 0 Å². The monoisotopic (exact) mass is 398 g/mol. The third-order valence-electron chi connectivity index (χ3n) is 6.75. The molecule has 0 bridgehead atoms. The van der Waals surface area contributed by atoms with Crippen molar-refractivity contribution in [3.8, 4) is 0 Å². The zero-order valence-electron chi connectivity index (χ0n) is 17.9. The number of rotatable bonds is 7. The molecule has 0 spiro atoms. The molecule has 2 heterocycles. The van der Waals surface area contributed by atoms with Gasteiger partial charge in [0.25, 0.3) is 0 Å². The average Bonchev–Trinajstić information content (AvgIpc) is 3.05. The van der Waals surface area contributed by atoms with Gasteiger partial charge in [-0.3, -0.25) is 0 Å². The van der Waals surface area contributed by atoms with E-state index in [1.165, 1.54) is 44.9 Å². The van der Waals surface area contributed by atoms with E-state index in [9.17, 15) is 0 Å². The quantitative estimate of drug-likeness (QED) is 0.376. The molecule has 0 radical (unpaired) electrons. The van der Waals surface area contributed by atoms with Gasteiger partial charge in [-0.2, -0.15) is 5.10 Å². The average molecular weight is 399 g/mol. The van der Waals surface area contributed by atoms with Crippen LogP contribution in [0.25, 0.3) is 11.2 Å². The van der Waals surface area contributed by atoms with Gasteiger partial charge in [-0.05, 0) is 50.4 Å². The van der Waals surface area contributed by atoms with Crippen LogP contribution < -0.4 is 16.5 Å². The summed E-state index contributed by atoms with van der Waals surface area (Å²) in [5, 5.41) is 7.70. The number of hydrogen-bond donors (Lipinski definition) is 3.